The van der Waals surface area contributed by atoms with E-state index in [4.69, 9.17) is 11.6 Å². The maximum atomic E-state index is 12.5. The Morgan fingerprint density at radius 1 is 1.52 bits per heavy atom. The molecular weight excluding hydrogens is 308 g/mol. The predicted molar refractivity (Wildman–Crippen MR) is 85.5 cm³/mol. The average molecular weight is 325 g/mol. The number of benzene rings is 1. The van der Waals surface area contributed by atoms with Gasteiger partial charge in [-0.05, 0) is 38.0 Å². The molecular formula is C15H17ClN2O2S. The van der Waals surface area contributed by atoms with Crippen LogP contribution in [0.5, 0.6) is 0 Å². The van der Waals surface area contributed by atoms with Gasteiger partial charge in [0, 0.05) is 22.9 Å². The second-order valence-electron chi connectivity index (χ2n) is 5.71. The average Bonchev–Trinajstić information content (AvgIpc) is 2.91. The number of rotatable bonds is 2. The van der Waals surface area contributed by atoms with Gasteiger partial charge in [-0.3, -0.25) is 9.59 Å². The van der Waals surface area contributed by atoms with Gasteiger partial charge in [0.1, 0.15) is 6.04 Å². The maximum absolute atomic E-state index is 12.5. The molecule has 0 aliphatic carbocycles. The number of amides is 2. The number of fused-ring (bicyclic) bond motifs is 1. The SMILES string of the molecule is Cc1ccc(Cl)cc1NC(=O)[C@H]1CS[C@]2(C)CCC(=O)N12. The number of hydrogen-bond donors (Lipinski definition) is 1. The minimum Gasteiger partial charge on any atom is -0.324 e. The second kappa shape index (κ2) is 5.21. The highest BCUT2D eigenvalue weighted by molar-refractivity contribution is 8.01. The summed E-state index contributed by atoms with van der Waals surface area (Å²) in [5, 5.41) is 3.49. The first-order valence-electron chi connectivity index (χ1n) is 6.94. The summed E-state index contributed by atoms with van der Waals surface area (Å²) < 4.78 is 0. The molecule has 2 atom stereocenters. The van der Waals surface area contributed by atoms with Gasteiger partial charge >= 0.3 is 0 Å². The van der Waals surface area contributed by atoms with E-state index >= 15 is 0 Å². The van der Waals surface area contributed by atoms with Gasteiger partial charge in [0.25, 0.3) is 0 Å². The first-order valence-corrected chi connectivity index (χ1v) is 8.30. The number of nitrogens with one attached hydrogen (secondary N) is 1. The van der Waals surface area contributed by atoms with Crippen molar-refractivity contribution in [3.05, 3.63) is 28.8 Å². The van der Waals surface area contributed by atoms with Crippen LogP contribution in [0, 0.1) is 6.92 Å². The van der Waals surface area contributed by atoms with Gasteiger partial charge in [0.2, 0.25) is 11.8 Å². The summed E-state index contributed by atoms with van der Waals surface area (Å²) >= 11 is 7.67. The van der Waals surface area contributed by atoms with Crippen LogP contribution in [0.4, 0.5) is 5.69 Å². The lowest BCUT2D eigenvalue weighted by Gasteiger charge is -2.30. The zero-order valence-electron chi connectivity index (χ0n) is 12.0. The Kier molecular flexibility index (Phi) is 3.66. The van der Waals surface area contributed by atoms with Gasteiger partial charge in [-0.2, -0.15) is 0 Å². The monoisotopic (exact) mass is 324 g/mol. The fraction of sp³-hybridized carbons (Fsp3) is 0.467. The summed E-state index contributed by atoms with van der Waals surface area (Å²) in [6, 6.07) is 5.00. The van der Waals surface area contributed by atoms with Crippen LogP contribution >= 0.6 is 23.4 Å². The van der Waals surface area contributed by atoms with Crippen LogP contribution in [-0.4, -0.2) is 33.4 Å². The number of carbonyl (C=O) groups is 2. The van der Waals surface area contributed by atoms with Crippen molar-refractivity contribution in [3.63, 3.8) is 0 Å². The topological polar surface area (TPSA) is 49.4 Å². The Morgan fingerprint density at radius 3 is 3.05 bits per heavy atom. The Balaban J connectivity index is 1.80. The highest BCUT2D eigenvalue weighted by atomic mass is 35.5. The normalized spacial score (nSPS) is 27.9. The lowest BCUT2D eigenvalue weighted by atomic mass is 10.1. The van der Waals surface area contributed by atoms with Crippen LogP contribution in [0.3, 0.4) is 0 Å². The molecule has 1 aromatic rings. The molecule has 3 rings (SSSR count). The summed E-state index contributed by atoms with van der Waals surface area (Å²) in [6.45, 7) is 3.96. The summed E-state index contributed by atoms with van der Waals surface area (Å²) in [4.78, 5) is 26.1. The Hall–Kier alpha value is -1.20. The Bertz CT molecular complexity index is 622. The van der Waals surface area contributed by atoms with Crippen LogP contribution in [0.25, 0.3) is 0 Å². The van der Waals surface area contributed by atoms with E-state index in [-0.39, 0.29) is 16.7 Å². The molecule has 0 radical (unpaired) electrons. The van der Waals surface area contributed by atoms with Crippen LogP contribution in [-0.2, 0) is 9.59 Å². The maximum Gasteiger partial charge on any atom is 0.248 e. The van der Waals surface area contributed by atoms with E-state index in [1.165, 1.54) is 0 Å². The molecule has 0 saturated carbocycles. The molecule has 0 spiro atoms. The number of thioether (sulfide) groups is 1. The van der Waals surface area contributed by atoms with Crippen molar-refractivity contribution in [2.45, 2.75) is 37.6 Å². The largest absolute Gasteiger partial charge is 0.324 e. The molecule has 0 bridgehead atoms. The van der Waals surface area contributed by atoms with Gasteiger partial charge in [0.05, 0.1) is 4.87 Å². The summed E-state index contributed by atoms with van der Waals surface area (Å²) in [5.41, 5.74) is 1.66. The van der Waals surface area contributed by atoms with E-state index in [1.807, 2.05) is 19.9 Å². The number of carbonyl (C=O) groups excluding carboxylic acids is 2. The number of nitrogens with zero attached hydrogens (tertiary/aromatic N) is 1. The highest BCUT2D eigenvalue weighted by Gasteiger charge is 2.52. The molecule has 0 unspecified atom stereocenters. The quantitative estimate of drug-likeness (QED) is 0.909. The fourth-order valence-corrected chi connectivity index (χ4v) is 4.56. The molecule has 2 heterocycles. The molecule has 2 aliphatic rings. The second-order valence-corrected chi connectivity index (χ2v) is 7.65. The third kappa shape index (κ3) is 2.53. The molecule has 2 aliphatic heterocycles. The van der Waals surface area contributed by atoms with Crippen LogP contribution in [0.2, 0.25) is 5.02 Å². The zero-order chi connectivity index (χ0) is 15.2. The molecule has 2 fully saturated rings. The molecule has 112 valence electrons. The van der Waals surface area contributed by atoms with Gasteiger partial charge in [-0.1, -0.05) is 17.7 Å². The molecule has 0 aromatic heterocycles. The number of aryl methyl sites for hydroxylation is 1. The number of anilines is 1. The van der Waals surface area contributed by atoms with Gasteiger partial charge in [-0.15, -0.1) is 11.8 Å². The van der Waals surface area contributed by atoms with Crippen molar-refractivity contribution in [1.29, 1.82) is 0 Å². The van der Waals surface area contributed by atoms with Crippen LogP contribution in [0.1, 0.15) is 25.3 Å². The van der Waals surface area contributed by atoms with Gasteiger partial charge in [-0.25, -0.2) is 0 Å². The summed E-state index contributed by atoms with van der Waals surface area (Å²) in [7, 11) is 0. The summed E-state index contributed by atoms with van der Waals surface area (Å²) in [6.07, 6.45) is 1.35. The van der Waals surface area contributed by atoms with Crippen molar-refractivity contribution in [2.75, 3.05) is 11.1 Å². The zero-order valence-corrected chi connectivity index (χ0v) is 13.6. The molecule has 1 aromatic carbocycles. The molecule has 4 nitrogen and oxygen atoms in total. The molecule has 2 amide bonds. The third-order valence-corrected chi connectivity index (χ3v) is 5.95. The number of halogens is 1. The smallest absolute Gasteiger partial charge is 0.248 e. The third-order valence-electron chi connectivity index (χ3n) is 4.20. The van der Waals surface area contributed by atoms with Crippen molar-refractivity contribution in [1.82, 2.24) is 4.90 Å². The van der Waals surface area contributed by atoms with Crippen molar-refractivity contribution < 1.29 is 9.59 Å². The lowest BCUT2D eigenvalue weighted by molar-refractivity contribution is -0.135. The van der Waals surface area contributed by atoms with E-state index < -0.39 is 6.04 Å². The van der Waals surface area contributed by atoms with E-state index in [9.17, 15) is 9.59 Å². The van der Waals surface area contributed by atoms with Crippen molar-refractivity contribution >= 4 is 40.9 Å². The summed E-state index contributed by atoms with van der Waals surface area (Å²) in [5.74, 6) is 0.588. The Morgan fingerprint density at radius 2 is 2.29 bits per heavy atom. The minimum atomic E-state index is -0.395. The minimum absolute atomic E-state index is 0.0745. The molecule has 2 saturated heterocycles. The molecule has 6 heteroatoms. The first kappa shape index (κ1) is 14.7. The Labute approximate surface area is 133 Å². The van der Waals surface area contributed by atoms with Crippen LogP contribution in [0.15, 0.2) is 18.2 Å². The first-order chi connectivity index (χ1) is 9.90. The van der Waals surface area contributed by atoms with E-state index in [0.29, 0.717) is 22.9 Å². The highest BCUT2D eigenvalue weighted by Crippen LogP contribution is 2.47. The van der Waals surface area contributed by atoms with E-state index in [1.54, 1.807) is 28.8 Å². The fourth-order valence-electron chi connectivity index (χ4n) is 2.96. The molecule has 21 heavy (non-hydrogen) atoms. The standard InChI is InChI=1S/C15H17ClN2O2S/c1-9-3-4-10(16)7-11(9)17-14(20)12-8-21-15(2)6-5-13(19)18(12)15/h3-4,7,12H,5-6,8H2,1-2H3,(H,17,20)/t12-,15-/m1/s1. The van der Waals surface area contributed by atoms with Crippen molar-refractivity contribution in [2.24, 2.45) is 0 Å². The van der Waals surface area contributed by atoms with Crippen LogP contribution < -0.4 is 5.32 Å². The van der Waals surface area contributed by atoms with Gasteiger partial charge in [0.15, 0.2) is 0 Å². The molecule has 1 N–H and O–H groups in total. The van der Waals surface area contributed by atoms with E-state index in [2.05, 4.69) is 5.32 Å². The van der Waals surface area contributed by atoms with Crippen molar-refractivity contribution in [3.8, 4) is 0 Å². The van der Waals surface area contributed by atoms with E-state index in [0.717, 1.165) is 12.0 Å². The number of hydrogen-bond acceptors (Lipinski definition) is 3. The predicted octanol–water partition coefficient (Wildman–Crippen LogP) is 3.04. The van der Waals surface area contributed by atoms with Gasteiger partial charge < -0.3 is 10.2 Å². The lowest BCUT2D eigenvalue weighted by Crippen LogP contribution is -2.48.